The molecule has 1 unspecified atom stereocenters. The van der Waals surface area contributed by atoms with Crippen LogP contribution in [0.3, 0.4) is 0 Å². The van der Waals surface area contributed by atoms with Crippen LogP contribution >= 0.6 is 11.6 Å². The van der Waals surface area contributed by atoms with E-state index in [1.54, 1.807) is 6.20 Å². The average Bonchev–Trinajstić information content (AvgIpc) is 3.28. The first-order valence-corrected chi connectivity index (χ1v) is 9.83. The van der Waals surface area contributed by atoms with Gasteiger partial charge in [-0.25, -0.2) is 0 Å². The summed E-state index contributed by atoms with van der Waals surface area (Å²) in [5, 5.41) is 8.26. The summed E-state index contributed by atoms with van der Waals surface area (Å²) in [6.07, 6.45) is 6.05. The molecule has 138 valence electrons. The third-order valence-electron chi connectivity index (χ3n) is 5.58. The summed E-state index contributed by atoms with van der Waals surface area (Å²) in [6, 6.07) is 6.04. The van der Waals surface area contributed by atoms with Crippen molar-refractivity contribution in [2.24, 2.45) is 5.92 Å². The van der Waals surface area contributed by atoms with Gasteiger partial charge in [0.25, 0.3) is 5.91 Å². The van der Waals surface area contributed by atoms with Gasteiger partial charge >= 0.3 is 0 Å². The molecule has 0 spiro atoms. The smallest absolute Gasteiger partial charge is 0.254 e. The Kier molecular flexibility index (Phi) is 4.90. The van der Waals surface area contributed by atoms with Gasteiger partial charge in [0.15, 0.2) is 0 Å². The van der Waals surface area contributed by atoms with E-state index in [1.165, 1.54) is 11.3 Å². The first-order chi connectivity index (χ1) is 12.6. The number of nitrogens with one attached hydrogen (secondary N) is 1. The Morgan fingerprint density at radius 2 is 2.23 bits per heavy atom. The minimum atomic E-state index is 0.0190. The number of anilines is 1. The number of benzene rings is 1. The largest absolute Gasteiger partial charge is 0.371 e. The lowest BCUT2D eigenvalue weighted by Gasteiger charge is -2.21. The number of aromatic nitrogens is 2. The van der Waals surface area contributed by atoms with E-state index in [0.29, 0.717) is 12.5 Å². The minimum Gasteiger partial charge on any atom is -0.371 e. The molecule has 1 aromatic heterocycles. The molecule has 3 heterocycles. The van der Waals surface area contributed by atoms with Crippen molar-refractivity contribution in [3.8, 4) is 0 Å². The maximum absolute atomic E-state index is 12.6. The summed E-state index contributed by atoms with van der Waals surface area (Å²) < 4.78 is 1.98. The standard InChI is InChI=1S/C20H25ClN4O/c1-14-5-6-16(21)10-19(14)24-9-7-15(13-24)11-22-20(26)17-12-23-25-8-3-2-4-18(17)25/h5-6,10,12,15H,2-4,7-9,11,13H2,1H3,(H,22,26). The molecule has 1 saturated heterocycles. The Bertz CT molecular complexity index is 816. The maximum atomic E-state index is 12.6. The van der Waals surface area contributed by atoms with Crippen LogP contribution in [0.25, 0.3) is 0 Å². The van der Waals surface area contributed by atoms with Gasteiger partial charge in [-0.3, -0.25) is 9.48 Å². The SMILES string of the molecule is Cc1ccc(Cl)cc1N1CCC(CNC(=O)c2cnn3c2CCCC3)C1. The highest BCUT2D eigenvalue weighted by atomic mass is 35.5. The molecular formula is C20H25ClN4O. The Hall–Kier alpha value is -2.01. The highest BCUT2D eigenvalue weighted by Gasteiger charge is 2.25. The summed E-state index contributed by atoms with van der Waals surface area (Å²) >= 11 is 6.16. The molecule has 0 radical (unpaired) electrons. The Morgan fingerprint density at radius 1 is 1.35 bits per heavy atom. The van der Waals surface area contributed by atoms with Crippen molar-refractivity contribution >= 4 is 23.2 Å². The normalized spacial score (nSPS) is 19.5. The van der Waals surface area contributed by atoms with Crippen molar-refractivity contribution in [1.29, 1.82) is 0 Å². The molecule has 2 aliphatic heterocycles. The number of fused-ring (bicyclic) bond motifs is 1. The van der Waals surface area contributed by atoms with E-state index in [0.717, 1.165) is 61.6 Å². The van der Waals surface area contributed by atoms with Gasteiger partial charge in [-0.2, -0.15) is 5.10 Å². The molecule has 1 amide bonds. The van der Waals surface area contributed by atoms with Crippen LogP contribution < -0.4 is 10.2 Å². The third kappa shape index (κ3) is 3.45. The topological polar surface area (TPSA) is 50.2 Å². The predicted molar refractivity (Wildman–Crippen MR) is 104 cm³/mol. The van der Waals surface area contributed by atoms with Crippen LogP contribution in [-0.4, -0.2) is 35.3 Å². The van der Waals surface area contributed by atoms with Crippen LogP contribution in [0.5, 0.6) is 0 Å². The number of carbonyl (C=O) groups excluding carboxylic acids is 1. The number of hydrogen-bond acceptors (Lipinski definition) is 3. The first-order valence-electron chi connectivity index (χ1n) is 9.46. The van der Waals surface area contributed by atoms with E-state index in [9.17, 15) is 4.79 Å². The summed E-state index contributed by atoms with van der Waals surface area (Å²) in [6.45, 7) is 5.71. The zero-order valence-electron chi connectivity index (χ0n) is 15.2. The summed E-state index contributed by atoms with van der Waals surface area (Å²) in [5.74, 6) is 0.481. The number of rotatable bonds is 4. The van der Waals surface area contributed by atoms with Gasteiger partial charge in [0.1, 0.15) is 0 Å². The number of halogens is 1. The molecule has 4 rings (SSSR count). The molecule has 0 saturated carbocycles. The number of amides is 1. The molecule has 1 atom stereocenters. The molecule has 6 heteroatoms. The lowest BCUT2D eigenvalue weighted by atomic mass is 10.1. The van der Waals surface area contributed by atoms with Crippen LogP contribution in [-0.2, 0) is 13.0 Å². The molecule has 2 aromatic rings. The van der Waals surface area contributed by atoms with Crippen molar-refractivity contribution in [2.75, 3.05) is 24.5 Å². The van der Waals surface area contributed by atoms with Crippen LogP contribution in [0.4, 0.5) is 5.69 Å². The quantitative estimate of drug-likeness (QED) is 0.894. The van der Waals surface area contributed by atoms with Gasteiger partial charge in [0.05, 0.1) is 17.5 Å². The molecule has 1 N–H and O–H groups in total. The fourth-order valence-corrected chi connectivity index (χ4v) is 4.25. The second kappa shape index (κ2) is 7.31. The second-order valence-electron chi connectivity index (χ2n) is 7.43. The first kappa shape index (κ1) is 17.4. The summed E-state index contributed by atoms with van der Waals surface area (Å²) in [4.78, 5) is 15.0. The molecule has 0 aliphatic carbocycles. The van der Waals surface area contributed by atoms with Gasteiger partial charge in [0, 0.05) is 36.9 Å². The van der Waals surface area contributed by atoms with Gasteiger partial charge < -0.3 is 10.2 Å². The van der Waals surface area contributed by atoms with E-state index >= 15 is 0 Å². The number of carbonyl (C=O) groups is 1. The molecular weight excluding hydrogens is 348 g/mol. The monoisotopic (exact) mass is 372 g/mol. The van der Waals surface area contributed by atoms with Crippen molar-refractivity contribution < 1.29 is 4.79 Å². The van der Waals surface area contributed by atoms with Crippen LogP contribution in [0.2, 0.25) is 5.02 Å². The Morgan fingerprint density at radius 3 is 3.12 bits per heavy atom. The maximum Gasteiger partial charge on any atom is 0.254 e. The summed E-state index contributed by atoms with van der Waals surface area (Å²) in [5.41, 5.74) is 4.30. The molecule has 1 fully saturated rings. The van der Waals surface area contributed by atoms with Crippen molar-refractivity contribution in [3.63, 3.8) is 0 Å². The Balaban J connectivity index is 1.35. The van der Waals surface area contributed by atoms with Gasteiger partial charge in [-0.1, -0.05) is 17.7 Å². The van der Waals surface area contributed by atoms with E-state index in [2.05, 4.69) is 28.3 Å². The number of aryl methyl sites for hydroxylation is 2. The molecule has 0 bridgehead atoms. The predicted octanol–water partition coefficient (Wildman–Crippen LogP) is 3.44. The summed E-state index contributed by atoms with van der Waals surface area (Å²) in [7, 11) is 0. The van der Waals surface area contributed by atoms with Crippen LogP contribution in [0.1, 0.15) is 40.9 Å². The lowest BCUT2D eigenvalue weighted by molar-refractivity contribution is 0.0947. The van der Waals surface area contributed by atoms with E-state index in [1.807, 2.05) is 16.8 Å². The zero-order valence-corrected chi connectivity index (χ0v) is 15.9. The Labute approximate surface area is 159 Å². The fraction of sp³-hybridized carbons (Fsp3) is 0.500. The van der Waals surface area contributed by atoms with E-state index in [4.69, 9.17) is 11.6 Å². The minimum absolute atomic E-state index is 0.0190. The highest BCUT2D eigenvalue weighted by Crippen LogP contribution is 2.29. The molecule has 5 nitrogen and oxygen atoms in total. The van der Waals surface area contributed by atoms with Crippen molar-refractivity contribution in [2.45, 2.75) is 39.2 Å². The van der Waals surface area contributed by atoms with Gasteiger partial charge in [0.2, 0.25) is 0 Å². The molecule has 26 heavy (non-hydrogen) atoms. The van der Waals surface area contributed by atoms with Gasteiger partial charge in [-0.05, 0) is 56.2 Å². The van der Waals surface area contributed by atoms with E-state index in [-0.39, 0.29) is 5.91 Å². The van der Waals surface area contributed by atoms with Crippen LogP contribution in [0.15, 0.2) is 24.4 Å². The third-order valence-corrected chi connectivity index (χ3v) is 5.81. The van der Waals surface area contributed by atoms with Gasteiger partial charge in [-0.15, -0.1) is 0 Å². The van der Waals surface area contributed by atoms with Crippen LogP contribution in [0, 0.1) is 12.8 Å². The highest BCUT2D eigenvalue weighted by molar-refractivity contribution is 6.30. The number of nitrogens with zero attached hydrogens (tertiary/aromatic N) is 3. The second-order valence-corrected chi connectivity index (χ2v) is 7.86. The lowest BCUT2D eigenvalue weighted by Crippen LogP contribution is -2.31. The zero-order chi connectivity index (χ0) is 18.1. The molecule has 1 aromatic carbocycles. The van der Waals surface area contributed by atoms with Crippen molar-refractivity contribution in [1.82, 2.24) is 15.1 Å². The van der Waals surface area contributed by atoms with E-state index < -0.39 is 0 Å². The molecule has 2 aliphatic rings. The average molecular weight is 373 g/mol. The number of hydrogen-bond donors (Lipinski definition) is 1. The fourth-order valence-electron chi connectivity index (χ4n) is 4.08. The van der Waals surface area contributed by atoms with Crippen molar-refractivity contribution in [3.05, 3.63) is 46.2 Å².